The third kappa shape index (κ3) is 3.35. The summed E-state index contributed by atoms with van der Waals surface area (Å²) in [5.41, 5.74) is -1.19. The van der Waals surface area contributed by atoms with Crippen LogP contribution in [0.5, 0.6) is 0 Å². The van der Waals surface area contributed by atoms with Gasteiger partial charge in [0.05, 0.1) is 10.5 Å². The van der Waals surface area contributed by atoms with Crippen LogP contribution >= 0.6 is 0 Å². The first-order valence-electron chi connectivity index (χ1n) is 6.22. The Labute approximate surface area is 122 Å². The number of hydrogen-bond donors (Lipinski definition) is 1. The molecule has 6 nitrogen and oxygen atoms in total. The molecule has 0 aromatic heterocycles. The fourth-order valence-electron chi connectivity index (χ4n) is 2.17. The maximum absolute atomic E-state index is 12.8. The van der Waals surface area contributed by atoms with E-state index in [0.717, 1.165) is 17.0 Å². The second kappa shape index (κ2) is 5.66. The van der Waals surface area contributed by atoms with Crippen LogP contribution in [0.25, 0.3) is 5.57 Å². The first kappa shape index (κ1) is 15.8. The summed E-state index contributed by atoms with van der Waals surface area (Å²) in [6.45, 7) is 0.167. The molecule has 22 heavy (non-hydrogen) atoms. The van der Waals surface area contributed by atoms with E-state index in [-0.39, 0.29) is 25.1 Å². The van der Waals surface area contributed by atoms with E-state index in [9.17, 15) is 28.1 Å². The molecule has 2 rings (SSSR count). The fourth-order valence-corrected chi connectivity index (χ4v) is 2.17. The lowest BCUT2D eigenvalue weighted by molar-refractivity contribution is -0.385. The molecule has 0 atom stereocenters. The van der Waals surface area contributed by atoms with Crippen molar-refractivity contribution in [1.29, 1.82) is 0 Å². The van der Waals surface area contributed by atoms with E-state index in [1.54, 1.807) is 0 Å². The third-order valence-electron chi connectivity index (χ3n) is 3.31. The second-order valence-corrected chi connectivity index (χ2v) is 4.73. The standard InChI is InChI=1S/C13H11F3N2O4/c14-13(15,16)10-5-9(6-11(7-10)18(21)22)8-1-3-17(4-2-8)12(19)20/h1,5-7H,2-4H2,(H,19,20). The lowest BCUT2D eigenvalue weighted by Gasteiger charge is -2.24. The lowest BCUT2D eigenvalue weighted by atomic mass is 9.97. The van der Waals surface area contributed by atoms with Gasteiger partial charge < -0.3 is 10.0 Å². The number of benzene rings is 1. The lowest BCUT2D eigenvalue weighted by Crippen LogP contribution is -2.33. The van der Waals surface area contributed by atoms with Crippen molar-refractivity contribution >= 4 is 17.4 Å². The summed E-state index contributed by atoms with van der Waals surface area (Å²) in [6, 6.07) is 2.39. The number of carbonyl (C=O) groups is 1. The van der Waals surface area contributed by atoms with E-state index in [1.807, 2.05) is 0 Å². The van der Waals surface area contributed by atoms with Crippen molar-refractivity contribution in [3.05, 3.63) is 45.5 Å². The van der Waals surface area contributed by atoms with Crippen molar-refractivity contribution in [2.45, 2.75) is 12.6 Å². The number of alkyl halides is 3. The summed E-state index contributed by atoms with van der Waals surface area (Å²) in [5.74, 6) is 0. The molecule has 1 N–H and O–H groups in total. The van der Waals surface area contributed by atoms with Crippen molar-refractivity contribution < 1.29 is 28.0 Å². The maximum atomic E-state index is 12.8. The van der Waals surface area contributed by atoms with E-state index in [0.29, 0.717) is 11.6 Å². The Morgan fingerprint density at radius 3 is 2.45 bits per heavy atom. The van der Waals surface area contributed by atoms with E-state index < -0.39 is 28.4 Å². The molecule has 1 amide bonds. The van der Waals surface area contributed by atoms with Crippen LogP contribution in [0.15, 0.2) is 24.3 Å². The van der Waals surface area contributed by atoms with Gasteiger partial charge in [-0.25, -0.2) is 4.79 Å². The number of non-ortho nitro benzene ring substituents is 1. The topological polar surface area (TPSA) is 83.7 Å². The number of carboxylic acid groups (broad SMARTS) is 1. The summed E-state index contributed by atoms with van der Waals surface area (Å²) >= 11 is 0. The first-order chi connectivity index (χ1) is 10.2. The normalized spacial score (nSPS) is 15.4. The van der Waals surface area contributed by atoms with Gasteiger partial charge in [0.25, 0.3) is 5.69 Å². The fraction of sp³-hybridized carbons (Fsp3) is 0.308. The predicted molar refractivity (Wildman–Crippen MR) is 70.3 cm³/mol. The minimum atomic E-state index is -4.69. The van der Waals surface area contributed by atoms with Gasteiger partial charge in [-0.3, -0.25) is 10.1 Å². The Kier molecular flexibility index (Phi) is 4.07. The molecule has 1 heterocycles. The van der Waals surface area contributed by atoms with Crippen LogP contribution in [-0.4, -0.2) is 34.1 Å². The average Bonchev–Trinajstić information content (AvgIpc) is 2.46. The van der Waals surface area contributed by atoms with Gasteiger partial charge in [0.2, 0.25) is 0 Å². The molecule has 1 aliphatic rings. The number of nitro groups is 1. The molecular formula is C13H11F3N2O4. The quantitative estimate of drug-likeness (QED) is 0.669. The number of hydrogen-bond acceptors (Lipinski definition) is 3. The summed E-state index contributed by atoms with van der Waals surface area (Å²) in [4.78, 5) is 21.8. The van der Waals surface area contributed by atoms with Crippen LogP contribution in [0.2, 0.25) is 0 Å². The summed E-state index contributed by atoms with van der Waals surface area (Å²) < 4.78 is 38.5. The molecular weight excluding hydrogens is 305 g/mol. The molecule has 0 bridgehead atoms. The van der Waals surface area contributed by atoms with Crippen molar-refractivity contribution in [2.75, 3.05) is 13.1 Å². The van der Waals surface area contributed by atoms with Gasteiger partial charge in [-0.1, -0.05) is 6.08 Å². The van der Waals surface area contributed by atoms with Gasteiger partial charge in [0.1, 0.15) is 0 Å². The molecule has 1 aromatic carbocycles. The van der Waals surface area contributed by atoms with Crippen molar-refractivity contribution in [3.8, 4) is 0 Å². The van der Waals surface area contributed by atoms with E-state index in [4.69, 9.17) is 5.11 Å². The zero-order valence-electron chi connectivity index (χ0n) is 11.1. The Hall–Kier alpha value is -2.58. The number of nitro benzene ring substituents is 1. The van der Waals surface area contributed by atoms with Gasteiger partial charge in [-0.15, -0.1) is 0 Å². The Morgan fingerprint density at radius 1 is 1.32 bits per heavy atom. The molecule has 118 valence electrons. The zero-order valence-corrected chi connectivity index (χ0v) is 11.1. The summed E-state index contributed by atoms with van der Waals surface area (Å²) in [7, 11) is 0. The first-order valence-corrected chi connectivity index (χ1v) is 6.22. The monoisotopic (exact) mass is 316 g/mol. The molecule has 0 fully saturated rings. The molecule has 1 aliphatic heterocycles. The molecule has 0 aliphatic carbocycles. The van der Waals surface area contributed by atoms with Crippen LogP contribution in [0.4, 0.5) is 23.7 Å². The molecule has 0 spiro atoms. The smallest absolute Gasteiger partial charge is 0.416 e. The van der Waals surface area contributed by atoms with Gasteiger partial charge in [-0.2, -0.15) is 13.2 Å². The molecule has 0 radical (unpaired) electrons. The molecule has 0 saturated carbocycles. The van der Waals surface area contributed by atoms with Gasteiger partial charge >= 0.3 is 12.3 Å². The predicted octanol–water partition coefficient (Wildman–Crippen LogP) is 3.38. The van der Waals surface area contributed by atoms with Crippen LogP contribution in [0.1, 0.15) is 17.5 Å². The number of rotatable bonds is 2. The van der Waals surface area contributed by atoms with E-state index >= 15 is 0 Å². The minimum absolute atomic E-state index is 0.0364. The maximum Gasteiger partial charge on any atom is 0.416 e. The van der Waals surface area contributed by atoms with Crippen LogP contribution < -0.4 is 0 Å². The van der Waals surface area contributed by atoms with Crippen molar-refractivity contribution in [3.63, 3.8) is 0 Å². The Morgan fingerprint density at radius 2 is 2.00 bits per heavy atom. The summed E-state index contributed by atoms with van der Waals surface area (Å²) in [5, 5.41) is 19.6. The van der Waals surface area contributed by atoms with Crippen LogP contribution in [0, 0.1) is 10.1 Å². The highest BCUT2D eigenvalue weighted by molar-refractivity contribution is 5.72. The Bertz CT molecular complexity index is 655. The highest BCUT2D eigenvalue weighted by Gasteiger charge is 2.33. The highest BCUT2D eigenvalue weighted by atomic mass is 19.4. The molecule has 9 heteroatoms. The Balaban J connectivity index is 2.41. The minimum Gasteiger partial charge on any atom is -0.465 e. The van der Waals surface area contributed by atoms with E-state index in [2.05, 4.69) is 0 Å². The van der Waals surface area contributed by atoms with Gasteiger partial charge in [0, 0.05) is 25.2 Å². The van der Waals surface area contributed by atoms with Crippen molar-refractivity contribution in [1.82, 2.24) is 4.90 Å². The van der Waals surface area contributed by atoms with Crippen LogP contribution in [-0.2, 0) is 6.18 Å². The van der Waals surface area contributed by atoms with Crippen LogP contribution in [0.3, 0.4) is 0 Å². The zero-order chi connectivity index (χ0) is 16.5. The summed E-state index contributed by atoms with van der Waals surface area (Å²) in [6.07, 6.45) is -4.14. The number of amides is 1. The highest BCUT2D eigenvalue weighted by Crippen LogP contribution is 2.35. The van der Waals surface area contributed by atoms with Gasteiger partial charge in [-0.05, 0) is 23.6 Å². The van der Waals surface area contributed by atoms with E-state index in [1.165, 1.54) is 6.08 Å². The largest absolute Gasteiger partial charge is 0.465 e. The van der Waals surface area contributed by atoms with Crippen molar-refractivity contribution in [2.24, 2.45) is 0 Å². The molecule has 0 saturated heterocycles. The van der Waals surface area contributed by atoms with Gasteiger partial charge in [0.15, 0.2) is 0 Å². The number of halogens is 3. The SMILES string of the molecule is O=C(O)N1CC=C(c2cc([N+](=O)[O-])cc(C(F)(F)F)c2)CC1. The molecule has 0 unspecified atom stereocenters. The molecule has 1 aromatic rings. The third-order valence-corrected chi connectivity index (χ3v) is 3.31. The average molecular weight is 316 g/mol. The number of nitrogens with zero attached hydrogens (tertiary/aromatic N) is 2. The second-order valence-electron chi connectivity index (χ2n) is 4.73.